The highest BCUT2D eigenvalue weighted by atomic mass is 16.7. The van der Waals surface area contributed by atoms with Gasteiger partial charge in [0.05, 0.1) is 0 Å². The molecule has 1 aromatic carbocycles. The minimum atomic E-state index is 0.247. The zero-order valence-electron chi connectivity index (χ0n) is 14.2. The van der Waals surface area contributed by atoms with Crippen LogP contribution in [0.15, 0.2) is 22.8 Å². The molecule has 0 unspecified atom stereocenters. The van der Waals surface area contributed by atoms with Gasteiger partial charge >= 0.3 is 0 Å². The van der Waals surface area contributed by atoms with E-state index in [-0.39, 0.29) is 5.41 Å². The molecule has 1 fully saturated rings. The molecule has 2 aliphatic rings. The summed E-state index contributed by atoms with van der Waals surface area (Å²) < 4.78 is 15.7. The molecule has 0 saturated carbocycles. The fraction of sp³-hybridized carbons (Fsp3) is 0.556. The van der Waals surface area contributed by atoms with Gasteiger partial charge in [0.1, 0.15) is 11.4 Å². The summed E-state index contributed by atoms with van der Waals surface area (Å²) >= 11 is 0. The maximum atomic E-state index is 5.51. The molecule has 0 aliphatic carbocycles. The van der Waals surface area contributed by atoms with Crippen molar-refractivity contribution in [2.45, 2.75) is 39.7 Å². The molecule has 0 bridgehead atoms. The maximum Gasteiger partial charge on any atom is 0.231 e. The third-order valence-electron chi connectivity index (χ3n) is 5.05. The lowest BCUT2D eigenvalue weighted by Gasteiger charge is -2.40. The average molecular weight is 329 g/mol. The summed E-state index contributed by atoms with van der Waals surface area (Å²) in [6, 6.07) is 6.30. The Balaban J connectivity index is 1.45. The Morgan fingerprint density at radius 3 is 2.92 bits per heavy atom. The van der Waals surface area contributed by atoms with Crippen molar-refractivity contribution in [1.29, 1.82) is 0 Å². The number of aryl methyl sites for hydroxylation is 1. The number of rotatable bonds is 4. The van der Waals surface area contributed by atoms with Gasteiger partial charge in [-0.2, -0.15) is 0 Å². The minimum Gasteiger partial charge on any atom is -0.454 e. The van der Waals surface area contributed by atoms with Gasteiger partial charge in [0.15, 0.2) is 11.5 Å². The molecule has 1 saturated heterocycles. The number of benzene rings is 1. The largest absolute Gasteiger partial charge is 0.454 e. The molecule has 6 heteroatoms. The van der Waals surface area contributed by atoms with E-state index in [1.165, 1.54) is 18.4 Å². The summed E-state index contributed by atoms with van der Waals surface area (Å²) in [4.78, 5) is 2.46. The van der Waals surface area contributed by atoms with Crippen LogP contribution in [0.5, 0.6) is 11.5 Å². The van der Waals surface area contributed by atoms with Crippen molar-refractivity contribution in [3.05, 3.63) is 35.2 Å². The highest BCUT2D eigenvalue weighted by molar-refractivity contribution is 5.44. The second-order valence-corrected chi connectivity index (χ2v) is 7.29. The molecular weight excluding hydrogens is 306 g/mol. The summed E-state index contributed by atoms with van der Waals surface area (Å²) in [5.41, 5.74) is 3.39. The monoisotopic (exact) mass is 329 g/mol. The molecule has 2 aromatic rings. The van der Waals surface area contributed by atoms with Crippen LogP contribution < -0.4 is 9.47 Å². The number of hydrogen-bond donors (Lipinski definition) is 0. The first kappa shape index (κ1) is 15.4. The van der Waals surface area contributed by atoms with Crippen molar-refractivity contribution in [1.82, 2.24) is 15.2 Å². The standard InChI is InChI=1S/C18H23N3O3/c1-13-15(20-24-19-13)10-21-7-3-6-18(2,11-21)9-14-4-5-16-17(8-14)23-12-22-16/h4-5,8H,3,6-7,9-12H2,1-2H3/t18-/m1/s1. The smallest absolute Gasteiger partial charge is 0.231 e. The molecule has 24 heavy (non-hydrogen) atoms. The van der Waals surface area contributed by atoms with Crippen molar-refractivity contribution in [3.8, 4) is 11.5 Å². The fourth-order valence-electron chi connectivity index (χ4n) is 3.86. The highest BCUT2D eigenvalue weighted by Gasteiger charge is 2.32. The summed E-state index contributed by atoms with van der Waals surface area (Å²) in [5.74, 6) is 1.72. The molecule has 2 aliphatic heterocycles. The van der Waals surface area contributed by atoms with Crippen molar-refractivity contribution in [2.75, 3.05) is 19.9 Å². The number of piperidine rings is 1. The van der Waals surface area contributed by atoms with Gasteiger partial charge in [0.2, 0.25) is 6.79 Å². The lowest BCUT2D eigenvalue weighted by Crippen LogP contribution is -2.42. The van der Waals surface area contributed by atoms with Crippen LogP contribution in [0, 0.1) is 12.3 Å². The lowest BCUT2D eigenvalue weighted by atomic mass is 9.77. The molecule has 4 rings (SSSR count). The van der Waals surface area contributed by atoms with Gasteiger partial charge in [-0.15, -0.1) is 0 Å². The molecule has 6 nitrogen and oxygen atoms in total. The quantitative estimate of drug-likeness (QED) is 0.859. The van der Waals surface area contributed by atoms with Crippen molar-refractivity contribution in [2.24, 2.45) is 5.41 Å². The molecule has 1 aromatic heterocycles. The van der Waals surface area contributed by atoms with E-state index in [2.05, 4.69) is 34.3 Å². The van der Waals surface area contributed by atoms with E-state index in [4.69, 9.17) is 14.1 Å². The Kier molecular flexibility index (Phi) is 3.92. The number of ether oxygens (including phenoxy) is 2. The van der Waals surface area contributed by atoms with Crippen molar-refractivity contribution < 1.29 is 14.1 Å². The van der Waals surface area contributed by atoms with Gasteiger partial charge in [-0.3, -0.25) is 4.90 Å². The van der Waals surface area contributed by atoms with Gasteiger partial charge < -0.3 is 9.47 Å². The summed E-state index contributed by atoms with van der Waals surface area (Å²) in [7, 11) is 0. The van der Waals surface area contributed by atoms with E-state index in [1.807, 2.05) is 13.0 Å². The molecule has 0 N–H and O–H groups in total. The number of nitrogens with zero attached hydrogens (tertiary/aromatic N) is 3. The van der Waals surface area contributed by atoms with Gasteiger partial charge in [0, 0.05) is 13.1 Å². The third-order valence-corrected chi connectivity index (χ3v) is 5.05. The topological polar surface area (TPSA) is 60.6 Å². The Hall–Kier alpha value is -2.08. The van der Waals surface area contributed by atoms with Gasteiger partial charge in [-0.25, -0.2) is 4.63 Å². The Bertz CT molecular complexity index is 730. The number of fused-ring (bicyclic) bond motifs is 1. The number of hydrogen-bond acceptors (Lipinski definition) is 6. The molecular formula is C18H23N3O3. The van der Waals surface area contributed by atoms with Crippen molar-refractivity contribution in [3.63, 3.8) is 0 Å². The molecule has 0 spiro atoms. The first-order chi connectivity index (χ1) is 11.6. The van der Waals surface area contributed by atoms with Crippen LogP contribution in [0.4, 0.5) is 0 Å². The Morgan fingerprint density at radius 1 is 1.21 bits per heavy atom. The van der Waals surface area contributed by atoms with Crippen LogP contribution in [0.25, 0.3) is 0 Å². The van der Waals surface area contributed by atoms with E-state index in [0.717, 1.165) is 48.9 Å². The summed E-state index contributed by atoms with van der Waals surface area (Å²) in [5, 5.41) is 7.90. The third kappa shape index (κ3) is 3.11. The van der Waals surface area contributed by atoms with Gasteiger partial charge in [0.25, 0.3) is 0 Å². The summed E-state index contributed by atoms with van der Waals surface area (Å²) in [6.07, 6.45) is 3.47. The maximum absolute atomic E-state index is 5.51. The Morgan fingerprint density at radius 2 is 2.08 bits per heavy atom. The van der Waals surface area contributed by atoms with Crippen molar-refractivity contribution >= 4 is 0 Å². The van der Waals surface area contributed by atoms with E-state index in [0.29, 0.717) is 6.79 Å². The van der Waals surface area contributed by atoms with Crippen LogP contribution in [-0.4, -0.2) is 35.1 Å². The zero-order valence-corrected chi connectivity index (χ0v) is 14.2. The van der Waals surface area contributed by atoms with Gasteiger partial charge in [-0.05, 0) is 55.8 Å². The van der Waals surface area contributed by atoms with E-state index < -0.39 is 0 Å². The SMILES string of the molecule is Cc1nonc1CN1CCC[C@](C)(Cc2ccc3c(c2)OCO3)C1. The second-order valence-electron chi connectivity index (χ2n) is 7.29. The van der Waals surface area contributed by atoms with Crippen LogP contribution in [0.3, 0.4) is 0 Å². The highest BCUT2D eigenvalue weighted by Crippen LogP contribution is 2.37. The molecule has 128 valence electrons. The predicted molar refractivity (Wildman–Crippen MR) is 87.9 cm³/mol. The number of likely N-dealkylation sites (tertiary alicyclic amines) is 1. The predicted octanol–water partition coefficient (Wildman–Crippen LogP) is 2.95. The second kappa shape index (κ2) is 6.09. The Labute approximate surface area is 141 Å². The lowest BCUT2D eigenvalue weighted by molar-refractivity contribution is 0.0947. The molecule has 3 heterocycles. The zero-order chi connectivity index (χ0) is 16.6. The van der Waals surface area contributed by atoms with Gasteiger partial charge in [-0.1, -0.05) is 23.3 Å². The van der Waals surface area contributed by atoms with Crippen LogP contribution in [-0.2, 0) is 13.0 Å². The van der Waals surface area contributed by atoms with E-state index in [1.54, 1.807) is 0 Å². The van der Waals surface area contributed by atoms with E-state index >= 15 is 0 Å². The molecule has 0 amide bonds. The van der Waals surface area contributed by atoms with Crippen LogP contribution in [0.2, 0.25) is 0 Å². The summed E-state index contributed by atoms with van der Waals surface area (Å²) in [6.45, 7) is 7.61. The number of aromatic nitrogens is 2. The molecule has 1 atom stereocenters. The first-order valence-corrected chi connectivity index (χ1v) is 8.50. The fourth-order valence-corrected chi connectivity index (χ4v) is 3.86. The van der Waals surface area contributed by atoms with E-state index in [9.17, 15) is 0 Å². The van der Waals surface area contributed by atoms with Crippen LogP contribution >= 0.6 is 0 Å². The normalized spacial score (nSPS) is 23.6. The molecule has 0 radical (unpaired) electrons. The minimum absolute atomic E-state index is 0.247. The first-order valence-electron chi connectivity index (χ1n) is 8.50. The van der Waals surface area contributed by atoms with Crippen LogP contribution in [0.1, 0.15) is 36.7 Å². The average Bonchev–Trinajstić information content (AvgIpc) is 3.16.